The molecule has 4 aromatic rings. The Bertz CT molecular complexity index is 1480. The Labute approximate surface area is 265 Å². The van der Waals surface area contributed by atoms with Gasteiger partial charge in [0.25, 0.3) is 9.70 Å². The van der Waals surface area contributed by atoms with Crippen LogP contribution in [0.15, 0.2) is 108 Å². The van der Waals surface area contributed by atoms with Crippen LogP contribution in [0.4, 0.5) is 0 Å². The van der Waals surface area contributed by atoms with Gasteiger partial charge in [0.1, 0.15) is 0 Å². The Hall–Kier alpha value is -2.55. The van der Waals surface area contributed by atoms with Gasteiger partial charge in [-0.1, -0.05) is 114 Å². The van der Waals surface area contributed by atoms with Crippen molar-refractivity contribution in [2.75, 3.05) is 5.75 Å². The number of ether oxygens (including phenoxy) is 2. The normalized spacial score (nSPS) is 18.9. The molecule has 0 aromatic heterocycles. The molecule has 1 aliphatic rings. The second kappa shape index (κ2) is 14.3. The number of amides is 1. The van der Waals surface area contributed by atoms with Crippen molar-refractivity contribution in [3.05, 3.63) is 125 Å². The van der Waals surface area contributed by atoms with Gasteiger partial charge in [-0.15, -0.1) is 11.8 Å². The predicted molar refractivity (Wildman–Crippen MR) is 170 cm³/mol. The van der Waals surface area contributed by atoms with Gasteiger partial charge in [-0.2, -0.15) is 0 Å². The number of benzene rings is 4. The molecule has 1 fully saturated rings. The molecule has 9 heteroatoms. The van der Waals surface area contributed by atoms with Gasteiger partial charge in [0, 0.05) is 29.2 Å². The highest BCUT2D eigenvalue weighted by Gasteiger charge is 2.32. The number of alkyl halides is 3. The molecule has 5 rings (SSSR count). The first kappa shape index (κ1) is 30.9. The second-order valence-corrected chi connectivity index (χ2v) is 13.4. The second-order valence-electron chi connectivity index (χ2n) is 9.98. The molecule has 0 bridgehead atoms. The molecule has 1 aliphatic heterocycles. The highest BCUT2D eigenvalue weighted by Crippen LogP contribution is 2.40. The van der Waals surface area contributed by atoms with Gasteiger partial charge in [-0.05, 0) is 52.1 Å². The zero-order valence-corrected chi connectivity index (χ0v) is 25.7. The quantitative estimate of drug-likeness (QED) is 0.142. The molecule has 0 radical (unpaired) electrons. The summed E-state index contributed by atoms with van der Waals surface area (Å²) >= 11 is 18.8. The third-order valence-corrected chi connectivity index (χ3v) is 8.58. The lowest BCUT2D eigenvalue weighted by molar-refractivity contribution is -0.245. The first-order valence-corrected chi connectivity index (χ1v) is 15.6. The SMILES string of the molecule is O=C(NCc1cccc(-c2cccc([C@H]3O[C@@H](CSc4ccccc4)C[C@@H](c4ccc(CO)cc4)O3)c2)c1)C(Cl)(Cl)Cl. The van der Waals surface area contributed by atoms with Gasteiger partial charge in [0.05, 0.1) is 18.8 Å². The minimum Gasteiger partial charge on any atom is -0.392 e. The maximum Gasteiger partial charge on any atom is 0.272 e. The Kier molecular flexibility index (Phi) is 10.5. The number of rotatable bonds is 9. The van der Waals surface area contributed by atoms with E-state index in [0.29, 0.717) is 0 Å². The van der Waals surface area contributed by atoms with E-state index >= 15 is 0 Å². The monoisotopic (exact) mass is 641 g/mol. The number of nitrogens with one attached hydrogen (secondary N) is 1. The van der Waals surface area contributed by atoms with Gasteiger partial charge in [-0.3, -0.25) is 4.79 Å². The maximum atomic E-state index is 12.0. The Balaban J connectivity index is 1.36. The number of carbonyl (C=O) groups excluding carboxylic acids is 1. The number of hydrogen-bond donors (Lipinski definition) is 2. The zero-order chi connectivity index (χ0) is 29.5. The summed E-state index contributed by atoms with van der Waals surface area (Å²) in [6.45, 7) is 0.230. The third-order valence-electron chi connectivity index (χ3n) is 6.92. The highest BCUT2D eigenvalue weighted by molar-refractivity contribution is 7.99. The molecule has 42 heavy (non-hydrogen) atoms. The molecule has 0 spiro atoms. The molecule has 5 nitrogen and oxygen atoms in total. The van der Waals surface area contributed by atoms with Crippen LogP contribution in [-0.2, 0) is 27.4 Å². The molecule has 218 valence electrons. The van der Waals surface area contributed by atoms with Crippen molar-refractivity contribution in [1.82, 2.24) is 5.32 Å². The van der Waals surface area contributed by atoms with Crippen LogP contribution in [0.3, 0.4) is 0 Å². The van der Waals surface area contributed by atoms with E-state index in [1.165, 1.54) is 4.90 Å². The Morgan fingerprint density at radius 1 is 0.833 bits per heavy atom. The predicted octanol–water partition coefficient (Wildman–Crippen LogP) is 8.17. The van der Waals surface area contributed by atoms with Crippen molar-refractivity contribution in [1.29, 1.82) is 0 Å². The molecule has 3 atom stereocenters. The standard InChI is InChI=1S/C33H30Cl3NO4S/c34-33(35,36)32(39)37-19-23-6-4-7-25(16-23)26-8-5-9-27(17-26)31-40-28(21-42-29-10-2-1-3-11-29)18-30(41-31)24-14-12-22(20-38)13-15-24/h1-17,28,30-31,38H,18-21H2,(H,37,39)/t28-,30+,31+/m1/s1. The van der Waals surface area contributed by atoms with Crippen LogP contribution >= 0.6 is 46.6 Å². The summed E-state index contributed by atoms with van der Waals surface area (Å²) in [4.78, 5) is 13.2. The summed E-state index contributed by atoms with van der Waals surface area (Å²) < 4.78 is 11.1. The molecule has 4 aromatic carbocycles. The molecule has 0 unspecified atom stereocenters. The molecular weight excluding hydrogens is 613 g/mol. The number of aliphatic hydroxyl groups is 1. The highest BCUT2D eigenvalue weighted by atomic mass is 35.6. The lowest BCUT2D eigenvalue weighted by atomic mass is 9.99. The molecule has 1 amide bonds. The van der Waals surface area contributed by atoms with E-state index in [9.17, 15) is 9.90 Å². The first-order valence-electron chi connectivity index (χ1n) is 13.5. The van der Waals surface area contributed by atoms with Crippen LogP contribution in [-0.4, -0.2) is 26.7 Å². The largest absolute Gasteiger partial charge is 0.392 e. The van der Waals surface area contributed by atoms with Gasteiger partial charge in [0.15, 0.2) is 6.29 Å². The molecular formula is C33H30Cl3NO4S. The van der Waals surface area contributed by atoms with Gasteiger partial charge < -0.3 is 19.9 Å². The summed E-state index contributed by atoms with van der Waals surface area (Å²) in [6.07, 6.45) is -0.0399. The molecule has 0 saturated carbocycles. The van der Waals surface area contributed by atoms with Crippen molar-refractivity contribution >= 4 is 52.5 Å². The lowest BCUT2D eigenvalue weighted by Gasteiger charge is -2.36. The molecule has 0 aliphatic carbocycles. The topological polar surface area (TPSA) is 67.8 Å². The number of halogens is 3. The number of hydrogen-bond acceptors (Lipinski definition) is 5. The fraction of sp³-hybridized carbons (Fsp3) is 0.242. The van der Waals surface area contributed by atoms with E-state index in [0.717, 1.165) is 45.6 Å². The van der Waals surface area contributed by atoms with Gasteiger partial charge in [0.2, 0.25) is 0 Å². The Morgan fingerprint density at radius 3 is 2.26 bits per heavy atom. The minimum atomic E-state index is -2.01. The van der Waals surface area contributed by atoms with Crippen LogP contribution < -0.4 is 5.32 Å². The third kappa shape index (κ3) is 8.29. The zero-order valence-electron chi connectivity index (χ0n) is 22.6. The fourth-order valence-electron chi connectivity index (χ4n) is 4.74. The molecule has 2 N–H and O–H groups in total. The molecule has 1 heterocycles. The van der Waals surface area contributed by atoms with Crippen molar-refractivity contribution in [2.24, 2.45) is 0 Å². The summed E-state index contributed by atoms with van der Waals surface area (Å²) in [5.74, 6) is 0.114. The summed E-state index contributed by atoms with van der Waals surface area (Å²) in [7, 11) is 0. The van der Waals surface area contributed by atoms with Crippen molar-refractivity contribution < 1.29 is 19.4 Å². The van der Waals surface area contributed by atoms with Crippen molar-refractivity contribution in [3.63, 3.8) is 0 Å². The van der Waals surface area contributed by atoms with Crippen LogP contribution in [0.5, 0.6) is 0 Å². The smallest absolute Gasteiger partial charge is 0.272 e. The van der Waals surface area contributed by atoms with Crippen molar-refractivity contribution in [2.45, 2.75) is 46.8 Å². The number of aliphatic hydroxyl groups excluding tert-OH is 1. The van der Waals surface area contributed by atoms with E-state index in [2.05, 4.69) is 23.5 Å². The van der Waals surface area contributed by atoms with Crippen LogP contribution in [0, 0.1) is 0 Å². The lowest BCUT2D eigenvalue weighted by Crippen LogP contribution is -2.33. The van der Waals surface area contributed by atoms with Crippen LogP contribution in [0.2, 0.25) is 0 Å². The van der Waals surface area contributed by atoms with E-state index in [-0.39, 0.29) is 25.4 Å². The maximum absolute atomic E-state index is 12.0. The van der Waals surface area contributed by atoms with E-state index in [1.807, 2.05) is 84.9 Å². The average molecular weight is 643 g/mol. The van der Waals surface area contributed by atoms with Crippen LogP contribution in [0.1, 0.15) is 41.1 Å². The molecule has 1 saturated heterocycles. The first-order chi connectivity index (χ1) is 20.3. The summed E-state index contributed by atoms with van der Waals surface area (Å²) in [5, 5.41) is 12.1. The minimum absolute atomic E-state index is 0.00114. The van der Waals surface area contributed by atoms with Gasteiger partial charge in [-0.25, -0.2) is 0 Å². The Morgan fingerprint density at radius 2 is 1.55 bits per heavy atom. The van der Waals surface area contributed by atoms with Crippen molar-refractivity contribution in [3.8, 4) is 11.1 Å². The van der Waals surface area contributed by atoms with E-state index in [1.54, 1.807) is 11.8 Å². The fourth-order valence-corrected chi connectivity index (χ4v) is 5.88. The van der Waals surface area contributed by atoms with E-state index < -0.39 is 16.0 Å². The number of thioether (sulfide) groups is 1. The van der Waals surface area contributed by atoms with E-state index in [4.69, 9.17) is 44.3 Å². The van der Waals surface area contributed by atoms with Crippen LogP contribution in [0.25, 0.3) is 11.1 Å². The average Bonchev–Trinajstić information content (AvgIpc) is 3.03. The van der Waals surface area contributed by atoms with Gasteiger partial charge >= 0.3 is 0 Å². The summed E-state index contributed by atoms with van der Waals surface area (Å²) in [5.41, 5.74) is 5.65. The summed E-state index contributed by atoms with van der Waals surface area (Å²) in [6, 6.07) is 34.1. The number of carbonyl (C=O) groups is 1.